The van der Waals surface area contributed by atoms with Crippen LogP contribution >= 0.6 is 11.6 Å². The topological polar surface area (TPSA) is 45.0 Å². The second-order valence-electron chi connectivity index (χ2n) is 5.80. The molecule has 0 saturated carbocycles. The molecule has 0 atom stereocenters. The lowest BCUT2D eigenvalue weighted by Crippen LogP contribution is -2.33. The summed E-state index contributed by atoms with van der Waals surface area (Å²) in [6.07, 6.45) is 5.86. The Morgan fingerprint density at radius 1 is 1.30 bits per heavy atom. The standard InChI is InChI=1S/C16H22ClN3/c17-14-1-2-15-13(10-19-16(15)9-14)11-20-7-4-12(3-6-18)5-8-20/h1-2,9-10,12,19H,3-8,11,18H2. The maximum atomic E-state index is 6.02. The predicted molar refractivity (Wildman–Crippen MR) is 85.0 cm³/mol. The van der Waals surface area contributed by atoms with E-state index < -0.39 is 0 Å². The molecule has 3 N–H and O–H groups in total. The Morgan fingerprint density at radius 3 is 2.85 bits per heavy atom. The number of nitrogens with two attached hydrogens (primary N) is 1. The molecule has 3 nitrogen and oxygen atoms in total. The number of piperidine rings is 1. The Bertz CT molecular complexity index is 570. The zero-order chi connectivity index (χ0) is 13.9. The number of aromatic nitrogens is 1. The van der Waals surface area contributed by atoms with Crippen molar-refractivity contribution in [3.05, 3.63) is 35.0 Å². The van der Waals surface area contributed by atoms with Crippen LogP contribution in [-0.2, 0) is 6.54 Å². The van der Waals surface area contributed by atoms with E-state index in [2.05, 4.69) is 22.1 Å². The molecule has 20 heavy (non-hydrogen) atoms. The summed E-state index contributed by atoms with van der Waals surface area (Å²) < 4.78 is 0. The van der Waals surface area contributed by atoms with Gasteiger partial charge in [0.2, 0.25) is 0 Å². The summed E-state index contributed by atoms with van der Waals surface area (Å²) in [6, 6.07) is 6.08. The molecule has 1 aliphatic rings. The van der Waals surface area contributed by atoms with Crippen molar-refractivity contribution in [1.82, 2.24) is 9.88 Å². The van der Waals surface area contributed by atoms with Gasteiger partial charge in [-0.1, -0.05) is 17.7 Å². The molecule has 0 radical (unpaired) electrons. The summed E-state index contributed by atoms with van der Waals surface area (Å²) in [6.45, 7) is 4.22. The monoisotopic (exact) mass is 291 g/mol. The summed E-state index contributed by atoms with van der Waals surface area (Å²) in [7, 11) is 0. The third kappa shape index (κ3) is 3.00. The minimum Gasteiger partial charge on any atom is -0.361 e. The molecule has 108 valence electrons. The third-order valence-electron chi connectivity index (χ3n) is 4.41. The van der Waals surface area contributed by atoms with Crippen LogP contribution in [0.2, 0.25) is 5.02 Å². The van der Waals surface area contributed by atoms with Crippen molar-refractivity contribution in [2.45, 2.75) is 25.8 Å². The normalized spacial score (nSPS) is 17.9. The van der Waals surface area contributed by atoms with Crippen LogP contribution in [0, 0.1) is 5.92 Å². The van der Waals surface area contributed by atoms with Crippen LogP contribution in [-0.4, -0.2) is 29.5 Å². The average Bonchev–Trinajstić information content (AvgIpc) is 2.83. The highest BCUT2D eigenvalue weighted by Gasteiger charge is 2.19. The molecule has 1 aromatic heterocycles. The Hall–Kier alpha value is -1.03. The van der Waals surface area contributed by atoms with Gasteiger partial charge in [-0.05, 0) is 62.5 Å². The number of benzene rings is 1. The lowest BCUT2D eigenvalue weighted by Gasteiger charge is -2.31. The average molecular weight is 292 g/mol. The van der Waals surface area contributed by atoms with E-state index in [-0.39, 0.29) is 0 Å². The highest BCUT2D eigenvalue weighted by molar-refractivity contribution is 6.31. The lowest BCUT2D eigenvalue weighted by atomic mass is 9.93. The first-order valence-electron chi connectivity index (χ1n) is 7.44. The lowest BCUT2D eigenvalue weighted by molar-refractivity contribution is 0.174. The van der Waals surface area contributed by atoms with Crippen molar-refractivity contribution in [3.8, 4) is 0 Å². The third-order valence-corrected chi connectivity index (χ3v) is 4.64. The van der Waals surface area contributed by atoms with Gasteiger partial charge in [0.25, 0.3) is 0 Å². The molecule has 0 bridgehead atoms. The Labute approximate surface area is 125 Å². The summed E-state index contributed by atoms with van der Waals surface area (Å²) in [5, 5.41) is 2.08. The number of rotatable bonds is 4. The maximum absolute atomic E-state index is 6.02. The number of nitrogens with zero attached hydrogens (tertiary/aromatic N) is 1. The van der Waals surface area contributed by atoms with Gasteiger partial charge in [0.1, 0.15) is 0 Å². The van der Waals surface area contributed by atoms with Crippen LogP contribution in [0.3, 0.4) is 0 Å². The number of nitrogens with one attached hydrogen (secondary N) is 1. The van der Waals surface area contributed by atoms with Crippen molar-refractivity contribution in [3.63, 3.8) is 0 Å². The minimum atomic E-state index is 0.786. The first kappa shape index (κ1) is 13.9. The highest BCUT2D eigenvalue weighted by atomic mass is 35.5. The second kappa shape index (κ2) is 6.17. The van der Waals surface area contributed by atoms with E-state index in [9.17, 15) is 0 Å². The molecule has 1 aliphatic heterocycles. The van der Waals surface area contributed by atoms with Crippen molar-refractivity contribution in [2.75, 3.05) is 19.6 Å². The van der Waals surface area contributed by atoms with Crippen LogP contribution in [0.5, 0.6) is 0 Å². The number of hydrogen-bond donors (Lipinski definition) is 2. The van der Waals surface area contributed by atoms with Crippen LogP contribution < -0.4 is 5.73 Å². The number of H-pyrrole nitrogens is 1. The molecule has 2 aromatic rings. The first-order valence-corrected chi connectivity index (χ1v) is 7.82. The summed E-state index contributed by atoms with van der Waals surface area (Å²) in [5.74, 6) is 0.832. The van der Waals surface area contributed by atoms with Gasteiger partial charge < -0.3 is 10.7 Å². The molecular weight excluding hydrogens is 270 g/mol. The maximum Gasteiger partial charge on any atom is 0.0472 e. The van der Waals surface area contributed by atoms with E-state index in [1.54, 1.807) is 0 Å². The van der Waals surface area contributed by atoms with Crippen molar-refractivity contribution in [1.29, 1.82) is 0 Å². The number of halogens is 1. The van der Waals surface area contributed by atoms with E-state index in [0.717, 1.165) is 29.5 Å². The largest absolute Gasteiger partial charge is 0.361 e. The molecule has 1 fully saturated rings. The summed E-state index contributed by atoms with van der Waals surface area (Å²) in [4.78, 5) is 5.87. The molecule has 1 aromatic carbocycles. The van der Waals surface area contributed by atoms with Crippen LogP contribution in [0.4, 0.5) is 0 Å². The van der Waals surface area contributed by atoms with Crippen molar-refractivity contribution < 1.29 is 0 Å². The van der Waals surface area contributed by atoms with Crippen molar-refractivity contribution >= 4 is 22.5 Å². The van der Waals surface area contributed by atoms with E-state index in [1.165, 1.54) is 43.3 Å². The first-order chi connectivity index (χ1) is 9.76. The summed E-state index contributed by atoms with van der Waals surface area (Å²) in [5.41, 5.74) is 8.15. The fourth-order valence-electron chi connectivity index (χ4n) is 3.20. The molecule has 0 aliphatic carbocycles. The number of hydrogen-bond acceptors (Lipinski definition) is 2. The molecule has 4 heteroatoms. The van der Waals surface area contributed by atoms with Crippen LogP contribution in [0.1, 0.15) is 24.8 Å². The number of fused-ring (bicyclic) bond motifs is 1. The van der Waals surface area contributed by atoms with Gasteiger partial charge in [-0.25, -0.2) is 0 Å². The van der Waals surface area contributed by atoms with Crippen LogP contribution in [0.15, 0.2) is 24.4 Å². The van der Waals surface area contributed by atoms with Crippen LogP contribution in [0.25, 0.3) is 10.9 Å². The SMILES string of the molecule is NCCC1CCN(Cc2c[nH]c3cc(Cl)ccc23)CC1. The zero-order valence-electron chi connectivity index (χ0n) is 11.7. The quantitative estimate of drug-likeness (QED) is 0.907. The van der Waals surface area contributed by atoms with E-state index in [1.807, 2.05) is 12.1 Å². The molecule has 0 spiro atoms. The second-order valence-corrected chi connectivity index (χ2v) is 6.24. The fourth-order valence-corrected chi connectivity index (χ4v) is 3.37. The smallest absolute Gasteiger partial charge is 0.0472 e. The Kier molecular flexibility index (Phi) is 4.29. The predicted octanol–water partition coefficient (Wildman–Crippen LogP) is 3.38. The molecular formula is C16H22ClN3. The van der Waals surface area contributed by atoms with Gasteiger partial charge in [0.15, 0.2) is 0 Å². The number of aromatic amines is 1. The van der Waals surface area contributed by atoms with E-state index in [0.29, 0.717) is 0 Å². The highest BCUT2D eigenvalue weighted by Crippen LogP contribution is 2.25. The summed E-state index contributed by atoms with van der Waals surface area (Å²) >= 11 is 6.02. The molecule has 2 heterocycles. The Balaban J connectivity index is 1.65. The molecule has 0 amide bonds. The molecule has 1 saturated heterocycles. The van der Waals surface area contributed by atoms with Gasteiger partial charge in [-0.15, -0.1) is 0 Å². The van der Waals surface area contributed by atoms with Gasteiger partial charge in [-0.2, -0.15) is 0 Å². The van der Waals surface area contributed by atoms with Gasteiger partial charge >= 0.3 is 0 Å². The van der Waals surface area contributed by atoms with Crippen molar-refractivity contribution in [2.24, 2.45) is 11.7 Å². The Morgan fingerprint density at radius 2 is 2.10 bits per heavy atom. The minimum absolute atomic E-state index is 0.786. The van der Waals surface area contributed by atoms with E-state index >= 15 is 0 Å². The van der Waals surface area contributed by atoms with E-state index in [4.69, 9.17) is 17.3 Å². The van der Waals surface area contributed by atoms with Gasteiger partial charge in [0, 0.05) is 28.7 Å². The number of likely N-dealkylation sites (tertiary alicyclic amines) is 1. The van der Waals surface area contributed by atoms with Gasteiger partial charge in [-0.3, -0.25) is 4.90 Å². The fraction of sp³-hybridized carbons (Fsp3) is 0.500. The molecule has 3 rings (SSSR count). The zero-order valence-corrected chi connectivity index (χ0v) is 12.5. The van der Waals surface area contributed by atoms with Gasteiger partial charge in [0.05, 0.1) is 0 Å². The molecule has 0 unspecified atom stereocenters.